The first-order chi connectivity index (χ1) is 6.56. The Hall–Kier alpha value is -0.740. The summed E-state index contributed by atoms with van der Waals surface area (Å²) in [6.07, 6.45) is 0. The molecule has 0 aliphatic heterocycles. The molecule has 0 heterocycles. The van der Waals surface area contributed by atoms with Gasteiger partial charge in [-0.3, -0.25) is 4.90 Å². The Balaban J connectivity index is 3.10. The van der Waals surface area contributed by atoms with E-state index in [1.165, 1.54) is 12.1 Å². The standard InChI is InChI=1S/C10H14FNOS/c1-12(2)10(14)8-6-7(11)4-5-9(8)13-3/h4-6,10,14H,1-3H3. The van der Waals surface area contributed by atoms with E-state index in [0.717, 1.165) is 5.56 Å². The van der Waals surface area contributed by atoms with Crippen LogP contribution in [0.4, 0.5) is 4.39 Å². The minimum absolute atomic E-state index is 0.166. The molecular weight excluding hydrogens is 201 g/mol. The van der Waals surface area contributed by atoms with Gasteiger partial charge in [0.25, 0.3) is 0 Å². The van der Waals surface area contributed by atoms with Crippen molar-refractivity contribution in [2.75, 3.05) is 21.2 Å². The van der Waals surface area contributed by atoms with Gasteiger partial charge in [-0.2, -0.15) is 12.6 Å². The molecule has 1 rings (SSSR count). The topological polar surface area (TPSA) is 12.5 Å². The average Bonchev–Trinajstić information content (AvgIpc) is 2.16. The van der Waals surface area contributed by atoms with Gasteiger partial charge < -0.3 is 4.74 Å². The fourth-order valence-electron chi connectivity index (χ4n) is 1.19. The zero-order chi connectivity index (χ0) is 10.7. The number of nitrogens with zero attached hydrogens (tertiary/aromatic N) is 1. The zero-order valence-electron chi connectivity index (χ0n) is 8.49. The molecule has 0 radical (unpaired) electrons. The summed E-state index contributed by atoms with van der Waals surface area (Å²) in [4.78, 5) is 1.88. The molecule has 1 unspecified atom stereocenters. The number of thiol groups is 1. The van der Waals surface area contributed by atoms with Crippen LogP contribution in [-0.2, 0) is 0 Å². The lowest BCUT2D eigenvalue weighted by Crippen LogP contribution is -2.15. The van der Waals surface area contributed by atoms with Gasteiger partial charge in [0.1, 0.15) is 11.6 Å². The van der Waals surface area contributed by atoms with Crippen LogP contribution >= 0.6 is 12.6 Å². The van der Waals surface area contributed by atoms with E-state index in [9.17, 15) is 4.39 Å². The summed E-state index contributed by atoms with van der Waals surface area (Å²) < 4.78 is 18.1. The molecule has 4 heteroatoms. The number of benzene rings is 1. The quantitative estimate of drug-likeness (QED) is 0.613. The Morgan fingerprint density at radius 2 is 2.07 bits per heavy atom. The molecule has 0 aliphatic rings. The highest BCUT2D eigenvalue weighted by atomic mass is 32.1. The van der Waals surface area contributed by atoms with E-state index in [1.807, 2.05) is 19.0 Å². The maximum atomic E-state index is 13.0. The Bertz CT molecular complexity index is 317. The van der Waals surface area contributed by atoms with Gasteiger partial charge in [-0.1, -0.05) is 0 Å². The van der Waals surface area contributed by atoms with Crippen LogP contribution in [0.15, 0.2) is 18.2 Å². The van der Waals surface area contributed by atoms with Crippen molar-refractivity contribution < 1.29 is 9.13 Å². The van der Waals surface area contributed by atoms with E-state index >= 15 is 0 Å². The minimum Gasteiger partial charge on any atom is -0.496 e. The first-order valence-corrected chi connectivity index (χ1v) is 4.76. The molecule has 14 heavy (non-hydrogen) atoms. The molecule has 0 saturated carbocycles. The summed E-state index contributed by atoms with van der Waals surface area (Å²) in [5.74, 6) is 0.377. The Morgan fingerprint density at radius 3 is 2.57 bits per heavy atom. The molecule has 1 aromatic carbocycles. The molecule has 2 nitrogen and oxygen atoms in total. The number of ether oxygens (including phenoxy) is 1. The van der Waals surface area contributed by atoms with Crippen LogP contribution < -0.4 is 4.74 Å². The van der Waals surface area contributed by atoms with Crippen molar-refractivity contribution in [3.63, 3.8) is 0 Å². The molecule has 0 aromatic heterocycles. The molecule has 0 N–H and O–H groups in total. The first-order valence-electron chi connectivity index (χ1n) is 4.24. The van der Waals surface area contributed by atoms with Gasteiger partial charge in [0, 0.05) is 5.56 Å². The highest BCUT2D eigenvalue weighted by molar-refractivity contribution is 7.80. The summed E-state index contributed by atoms with van der Waals surface area (Å²) in [5, 5.41) is -0.166. The molecule has 0 fully saturated rings. The molecule has 0 spiro atoms. The highest BCUT2D eigenvalue weighted by Gasteiger charge is 2.14. The monoisotopic (exact) mass is 215 g/mol. The fraction of sp³-hybridized carbons (Fsp3) is 0.400. The molecular formula is C10H14FNOS. The highest BCUT2D eigenvalue weighted by Crippen LogP contribution is 2.30. The predicted octanol–water partition coefficient (Wildman–Crippen LogP) is 2.32. The number of hydrogen-bond donors (Lipinski definition) is 1. The lowest BCUT2D eigenvalue weighted by molar-refractivity contribution is 0.364. The molecule has 78 valence electrons. The minimum atomic E-state index is -0.276. The van der Waals surface area contributed by atoms with Crippen molar-refractivity contribution in [2.24, 2.45) is 0 Å². The summed E-state index contributed by atoms with van der Waals surface area (Å²) in [5.41, 5.74) is 0.737. The third kappa shape index (κ3) is 2.39. The number of halogens is 1. The predicted molar refractivity (Wildman–Crippen MR) is 58.4 cm³/mol. The van der Waals surface area contributed by atoms with E-state index in [4.69, 9.17) is 4.74 Å². The Morgan fingerprint density at radius 1 is 1.43 bits per heavy atom. The van der Waals surface area contributed by atoms with E-state index in [1.54, 1.807) is 13.2 Å². The van der Waals surface area contributed by atoms with Crippen LogP contribution in [0.25, 0.3) is 0 Å². The van der Waals surface area contributed by atoms with Crippen LogP contribution in [-0.4, -0.2) is 26.1 Å². The van der Waals surface area contributed by atoms with Crippen molar-refractivity contribution in [3.05, 3.63) is 29.6 Å². The van der Waals surface area contributed by atoms with Crippen LogP contribution in [0.2, 0.25) is 0 Å². The van der Waals surface area contributed by atoms with Crippen molar-refractivity contribution in [1.29, 1.82) is 0 Å². The van der Waals surface area contributed by atoms with E-state index in [-0.39, 0.29) is 11.2 Å². The lowest BCUT2D eigenvalue weighted by Gasteiger charge is -2.21. The molecule has 0 aliphatic carbocycles. The zero-order valence-corrected chi connectivity index (χ0v) is 9.38. The van der Waals surface area contributed by atoms with Gasteiger partial charge in [-0.05, 0) is 32.3 Å². The van der Waals surface area contributed by atoms with Crippen LogP contribution in [0.1, 0.15) is 10.9 Å². The second-order valence-corrected chi connectivity index (χ2v) is 3.71. The van der Waals surface area contributed by atoms with Gasteiger partial charge in [0.15, 0.2) is 0 Å². The summed E-state index contributed by atoms with van der Waals surface area (Å²) in [6, 6.07) is 4.42. The Labute approximate surface area is 89.1 Å². The molecule has 1 atom stereocenters. The van der Waals surface area contributed by atoms with Gasteiger partial charge >= 0.3 is 0 Å². The first kappa shape index (κ1) is 11.3. The third-order valence-corrected chi connectivity index (χ3v) is 2.70. The lowest BCUT2D eigenvalue weighted by atomic mass is 10.2. The molecule has 0 bridgehead atoms. The SMILES string of the molecule is COc1ccc(F)cc1C(S)N(C)C. The van der Waals surface area contributed by atoms with Crippen LogP contribution in [0.5, 0.6) is 5.75 Å². The molecule has 0 saturated heterocycles. The number of hydrogen-bond acceptors (Lipinski definition) is 3. The van der Waals surface area contributed by atoms with Crippen molar-refractivity contribution in [2.45, 2.75) is 5.37 Å². The average molecular weight is 215 g/mol. The summed E-state index contributed by atoms with van der Waals surface area (Å²) >= 11 is 4.36. The second kappa shape index (κ2) is 4.66. The van der Waals surface area contributed by atoms with Gasteiger partial charge in [-0.15, -0.1) is 0 Å². The smallest absolute Gasteiger partial charge is 0.124 e. The third-order valence-electron chi connectivity index (χ3n) is 1.96. The Kier molecular flexibility index (Phi) is 3.77. The van der Waals surface area contributed by atoms with Crippen LogP contribution in [0.3, 0.4) is 0 Å². The van der Waals surface area contributed by atoms with E-state index in [0.29, 0.717) is 5.75 Å². The van der Waals surface area contributed by atoms with E-state index in [2.05, 4.69) is 12.6 Å². The molecule has 0 amide bonds. The maximum Gasteiger partial charge on any atom is 0.124 e. The van der Waals surface area contributed by atoms with Gasteiger partial charge in [0.2, 0.25) is 0 Å². The van der Waals surface area contributed by atoms with Gasteiger partial charge in [0.05, 0.1) is 12.5 Å². The number of methoxy groups -OCH3 is 1. The van der Waals surface area contributed by atoms with Crippen LogP contribution in [0, 0.1) is 5.82 Å². The number of rotatable bonds is 3. The summed E-state index contributed by atoms with van der Waals surface area (Å²) in [7, 11) is 5.32. The molecule has 1 aromatic rings. The van der Waals surface area contributed by atoms with Crippen molar-refractivity contribution >= 4 is 12.6 Å². The fourth-order valence-corrected chi connectivity index (χ4v) is 1.39. The van der Waals surface area contributed by atoms with E-state index < -0.39 is 0 Å². The van der Waals surface area contributed by atoms with Gasteiger partial charge in [-0.25, -0.2) is 4.39 Å². The maximum absolute atomic E-state index is 13.0. The largest absolute Gasteiger partial charge is 0.496 e. The summed E-state index contributed by atoms with van der Waals surface area (Å²) in [6.45, 7) is 0. The van der Waals surface area contributed by atoms with Crippen molar-refractivity contribution in [1.82, 2.24) is 4.90 Å². The normalized spacial score (nSPS) is 13.0. The second-order valence-electron chi connectivity index (χ2n) is 3.22. The van der Waals surface area contributed by atoms with Crippen molar-refractivity contribution in [3.8, 4) is 5.75 Å².